The van der Waals surface area contributed by atoms with Gasteiger partial charge in [0.1, 0.15) is 0 Å². The molecule has 2 aliphatic rings. The van der Waals surface area contributed by atoms with Gasteiger partial charge in [-0.2, -0.15) is 26.3 Å². The van der Waals surface area contributed by atoms with Crippen molar-refractivity contribution in [1.82, 2.24) is 14.9 Å². The Balaban J connectivity index is 0.000000317. The Morgan fingerprint density at radius 2 is 1.74 bits per heavy atom. The van der Waals surface area contributed by atoms with E-state index in [4.69, 9.17) is 29.3 Å². The monoisotopic (exact) mass is 587 g/mol. The lowest BCUT2D eigenvalue weighted by Crippen LogP contribution is -2.47. The van der Waals surface area contributed by atoms with E-state index in [1.54, 1.807) is 11.3 Å². The molecule has 2 aromatic heterocycles. The lowest BCUT2D eigenvalue weighted by molar-refractivity contribution is -0.193. The number of alkyl halides is 6. The third-order valence-electron chi connectivity index (χ3n) is 5.57. The quantitative estimate of drug-likeness (QED) is 0.489. The second-order valence-corrected chi connectivity index (χ2v) is 9.83. The van der Waals surface area contributed by atoms with Crippen molar-refractivity contribution in [2.45, 2.75) is 63.4 Å². The number of nitrogens with zero attached hydrogens (tertiary/aromatic N) is 3. The van der Waals surface area contributed by atoms with Crippen molar-refractivity contribution in [3.63, 3.8) is 0 Å². The van der Waals surface area contributed by atoms with Crippen molar-refractivity contribution >= 4 is 23.3 Å². The van der Waals surface area contributed by atoms with Crippen LogP contribution in [0.5, 0.6) is 0 Å². The minimum atomic E-state index is -5.08. The molecule has 0 aliphatic carbocycles. The Kier molecular flexibility index (Phi) is 11.6. The van der Waals surface area contributed by atoms with Crippen molar-refractivity contribution in [3.05, 3.63) is 46.2 Å². The molecule has 2 N–H and O–H groups in total. The summed E-state index contributed by atoms with van der Waals surface area (Å²) in [4.78, 5) is 28.9. The number of thiazole rings is 1. The molecule has 2 fully saturated rings. The van der Waals surface area contributed by atoms with E-state index in [-0.39, 0.29) is 11.7 Å². The molecule has 4 heterocycles. The number of rotatable bonds is 5. The molecule has 0 bridgehead atoms. The van der Waals surface area contributed by atoms with Gasteiger partial charge in [-0.3, -0.25) is 9.88 Å². The van der Waals surface area contributed by atoms with Crippen LogP contribution in [0, 0.1) is 6.92 Å². The number of carboxylic acids is 2. The number of aryl methyl sites for hydroxylation is 1. The van der Waals surface area contributed by atoms with Crippen molar-refractivity contribution in [3.8, 4) is 0 Å². The Hall–Kier alpha value is -2.82. The van der Waals surface area contributed by atoms with E-state index < -0.39 is 24.3 Å². The van der Waals surface area contributed by atoms with Gasteiger partial charge in [0, 0.05) is 37.3 Å². The van der Waals surface area contributed by atoms with Gasteiger partial charge in [-0.05, 0) is 44.0 Å². The molecule has 0 aromatic carbocycles. The van der Waals surface area contributed by atoms with Crippen LogP contribution >= 0.6 is 11.3 Å². The lowest BCUT2D eigenvalue weighted by atomic mass is 9.89. The van der Waals surface area contributed by atoms with Crippen molar-refractivity contribution < 1.29 is 55.6 Å². The fourth-order valence-corrected chi connectivity index (χ4v) is 4.54. The molecular formula is C23H27F6N3O6S. The maximum atomic E-state index is 10.6. The number of aliphatic carboxylic acids is 2. The molecule has 2 atom stereocenters. The summed E-state index contributed by atoms with van der Waals surface area (Å²) >= 11 is 1.68. The van der Waals surface area contributed by atoms with Crippen LogP contribution in [0.1, 0.15) is 35.5 Å². The number of carbonyl (C=O) groups is 2. The van der Waals surface area contributed by atoms with Gasteiger partial charge in [-0.25, -0.2) is 14.6 Å². The summed E-state index contributed by atoms with van der Waals surface area (Å²) in [6.45, 7) is 6.42. The molecule has 9 nitrogen and oxygen atoms in total. The normalized spacial score (nSPS) is 21.5. The fourth-order valence-electron chi connectivity index (χ4n) is 3.94. The van der Waals surface area contributed by atoms with E-state index in [1.165, 1.54) is 12.0 Å². The van der Waals surface area contributed by atoms with Gasteiger partial charge in [0.2, 0.25) is 0 Å². The molecule has 2 aliphatic heterocycles. The van der Waals surface area contributed by atoms with Crippen LogP contribution in [0.25, 0.3) is 0 Å². The summed E-state index contributed by atoms with van der Waals surface area (Å²) in [5, 5.41) is 17.4. The molecule has 39 heavy (non-hydrogen) atoms. The van der Waals surface area contributed by atoms with Gasteiger partial charge in [0.15, 0.2) is 0 Å². The molecule has 2 saturated heterocycles. The zero-order chi connectivity index (χ0) is 29.3. The average Bonchev–Trinajstić information content (AvgIpc) is 3.43. The SMILES string of the molecule is Cc1nc(CO[C@H]2CO[C@@]3(CCCN(Cc4ccncc4)C3)C2)cs1.O=C(O)C(F)(F)F.O=C(O)C(F)(F)F. The maximum Gasteiger partial charge on any atom is 0.490 e. The van der Waals surface area contributed by atoms with Gasteiger partial charge in [-0.15, -0.1) is 11.3 Å². The molecule has 4 rings (SSSR count). The molecule has 1 spiro atoms. The van der Waals surface area contributed by atoms with E-state index >= 15 is 0 Å². The van der Waals surface area contributed by atoms with Crippen LogP contribution in [0.3, 0.4) is 0 Å². The van der Waals surface area contributed by atoms with E-state index in [0.29, 0.717) is 13.2 Å². The number of piperidine rings is 1. The predicted molar refractivity (Wildman–Crippen MR) is 125 cm³/mol. The van der Waals surface area contributed by atoms with Gasteiger partial charge in [0.25, 0.3) is 0 Å². The first-order valence-corrected chi connectivity index (χ1v) is 12.4. The van der Waals surface area contributed by atoms with Gasteiger partial charge in [0.05, 0.1) is 35.6 Å². The minimum Gasteiger partial charge on any atom is -0.475 e. The summed E-state index contributed by atoms with van der Waals surface area (Å²) in [7, 11) is 0. The highest BCUT2D eigenvalue weighted by molar-refractivity contribution is 7.09. The smallest absolute Gasteiger partial charge is 0.475 e. The van der Waals surface area contributed by atoms with Crippen LogP contribution in [0.4, 0.5) is 26.3 Å². The van der Waals surface area contributed by atoms with Gasteiger partial charge >= 0.3 is 24.3 Å². The zero-order valence-corrected chi connectivity index (χ0v) is 21.5. The Morgan fingerprint density at radius 1 is 1.15 bits per heavy atom. The first-order chi connectivity index (χ1) is 18.1. The summed E-state index contributed by atoms with van der Waals surface area (Å²) in [6, 6.07) is 4.19. The molecule has 2 aromatic rings. The number of hydrogen-bond donors (Lipinski definition) is 2. The lowest BCUT2D eigenvalue weighted by Gasteiger charge is -2.39. The highest BCUT2D eigenvalue weighted by Gasteiger charge is 2.44. The largest absolute Gasteiger partial charge is 0.490 e. The Bertz CT molecular complexity index is 1040. The number of aromatic nitrogens is 2. The standard InChI is InChI=1S/C19H25N3O2S.2C2HF3O2/c1-15-21-17(13-25-15)11-23-18-9-19(24-12-18)5-2-8-22(14-19)10-16-3-6-20-7-4-16;2*3-2(4,5)1(6)7/h3-4,6-7,13,18H,2,5,8-12,14H2,1H3;2*(H,6,7)/t18-,19+;;/m1../s1. The van der Waals surface area contributed by atoms with Crippen LogP contribution in [0.2, 0.25) is 0 Å². The molecule has 0 saturated carbocycles. The topological polar surface area (TPSA) is 122 Å². The first-order valence-electron chi connectivity index (χ1n) is 11.5. The number of pyridine rings is 1. The summed E-state index contributed by atoms with van der Waals surface area (Å²) in [5.41, 5.74) is 2.32. The molecular weight excluding hydrogens is 560 g/mol. The van der Waals surface area contributed by atoms with Gasteiger partial charge in [-0.1, -0.05) is 0 Å². The second kappa shape index (κ2) is 14.0. The van der Waals surface area contributed by atoms with E-state index in [0.717, 1.165) is 43.2 Å². The number of halogens is 6. The second-order valence-electron chi connectivity index (χ2n) is 8.76. The van der Waals surface area contributed by atoms with Gasteiger partial charge < -0.3 is 19.7 Å². The summed E-state index contributed by atoms with van der Waals surface area (Å²) in [6.07, 6.45) is -2.94. The highest BCUT2D eigenvalue weighted by atomic mass is 32.1. The fraction of sp³-hybridized carbons (Fsp3) is 0.565. The van der Waals surface area contributed by atoms with Crippen LogP contribution < -0.4 is 0 Å². The minimum absolute atomic E-state index is 0.0338. The van der Waals surface area contributed by atoms with Crippen LogP contribution in [-0.2, 0) is 32.2 Å². The number of carboxylic acid groups (broad SMARTS) is 2. The third-order valence-corrected chi connectivity index (χ3v) is 6.39. The third kappa shape index (κ3) is 11.4. The Labute approximate surface area is 223 Å². The molecule has 0 radical (unpaired) electrons. The van der Waals surface area contributed by atoms with Crippen molar-refractivity contribution in [2.24, 2.45) is 0 Å². The molecule has 16 heteroatoms. The highest BCUT2D eigenvalue weighted by Crippen LogP contribution is 2.36. The predicted octanol–water partition coefficient (Wildman–Crippen LogP) is 4.45. The summed E-state index contributed by atoms with van der Waals surface area (Å²) < 4.78 is 75.8. The number of likely N-dealkylation sites (tertiary alicyclic amines) is 1. The molecule has 218 valence electrons. The first kappa shape index (κ1) is 32.4. The van der Waals surface area contributed by atoms with Crippen molar-refractivity contribution in [2.75, 3.05) is 19.7 Å². The van der Waals surface area contributed by atoms with Crippen LogP contribution in [0.15, 0.2) is 29.9 Å². The van der Waals surface area contributed by atoms with E-state index in [2.05, 4.69) is 32.4 Å². The van der Waals surface area contributed by atoms with E-state index in [1.807, 2.05) is 19.3 Å². The average molecular weight is 588 g/mol. The van der Waals surface area contributed by atoms with E-state index in [9.17, 15) is 26.3 Å². The zero-order valence-electron chi connectivity index (χ0n) is 20.7. The molecule has 0 amide bonds. The number of hydrogen-bond acceptors (Lipinski definition) is 8. The molecule has 0 unspecified atom stereocenters. The Morgan fingerprint density at radius 3 is 2.26 bits per heavy atom. The number of ether oxygens (including phenoxy) is 2. The van der Waals surface area contributed by atoms with Crippen molar-refractivity contribution in [1.29, 1.82) is 0 Å². The maximum absolute atomic E-state index is 10.6. The summed E-state index contributed by atoms with van der Waals surface area (Å²) in [5.74, 6) is -5.51. The van der Waals surface area contributed by atoms with Crippen LogP contribution in [-0.4, -0.2) is 80.8 Å².